The van der Waals surface area contributed by atoms with Crippen LogP contribution in [-0.2, 0) is 9.59 Å². The molecule has 1 saturated heterocycles. The SMILES string of the molecule is CN(C)c1ccc(C=NN=C(N)SC2CC(=O)N(c3cc(Cl)ccc3Cl)C2=O)cc1. The molecule has 30 heavy (non-hydrogen) atoms. The van der Waals surface area contributed by atoms with E-state index in [0.717, 1.165) is 27.9 Å². The van der Waals surface area contributed by atoms with Gasteiger partial charge in [-0.2, -0.15) is 5.10 Å². The van der Waals surface area contributed by atoms with Crippen molar-refractivity contribution in [3.05, 3.63) is 58.1 Å². The fourth-order valence-electron chi connectivity index (χ4n) is 2.79. The summed E-state index contributed by atoms with van der Waals surface area (Å²) >= 11 is 13.1. The van der Waals surface area contributed by atoms with Gasteiger partial charge in [0.15, 0.2) is 5.17 Å². The molecule has 1 aliphatic heterocycles. The third-order valence-corrected chi connectivity index (χ3v) is 5.82. The van der Waals surface area contributed by atoms with Crippen LogP contribution in [0.1, 0.15) is 12.0 Å². The number of halogens is 2. The van der Waals surface area contributed by atoms with Crippen LogP contribution in [0.15, 0.2) is 52.7 Å². The highest BCUT2D eigenvalue weighted by Crippen LogP contribution is 2.35. The van der Waals surface area contributed by atoms with Gasteiger partial charge in [-0.05, 0) is 35.9 Å². The van der Waals surface area contributed by atoms with Crippen molar-refractivity contribution in [3.8, 4) is 0 Å². The van der Waals surface area contributed by atoms with Gasteiger partial charge in [0.1, 0.15) is 5.25 Å². The van der Waals surface area contributed by atoms with Gasteiger partial charge in [-0.1, -0.05) is 47.1 Å². The molecule has 1 heterocycles. The first-order valence-electron chi connectivity index (χ1n) is 8.88. The second-order valence-electron chi connectivity index (χ2n) is 6.64. The molecule has 2 aromatic rings. The Labute approximate surface area is 188 Å². The van der Waals surface area contributed by atoms with E-state index in [2.05, 4.69) is 10.2 Å². The zero-order valence-electron chi connectivity index (χ0n) is 16.3. The highest BCUT2D eigenvalue weighted by Gasteiger charge is 2.41. The van der Waals surface area contributed by atoms with Gasteiger partial charge >= 0.3 is 0 Å². The molecule has 7 nitrogen and oxygen atoms in total. The summed E-state index contributed by atoms with van der Waals surface area (Å²) in [4.78, 5) is 28.1. The molecule has 0 aromatic heterocycles. The maximum atomic E-state index is 12.7. The molecule has 0 radical (unpaired) electrons. The standard InChI is InChI=1S/C20H19Cl2N5O2S/c1-26(2)14-6-3-12(4-7-14)11-24-25-20(23)30-17-10-18(28)27(19(17)29)16-9-13(21)5-8-15(16)22/h3-9,11,17H,10H2,1-2H3,(H2,23,25). The van der Waals surface area contributed by atoms with Crippen LogP contribution in [0.5, 0.6) is 0 Å². The molecule has 1 atom stereocenters. The normalized spacial score (nSPS) is 17.3. The van der Waals surface area contributed by atoms with E-state index in [4.69, 9.17) is 28.9 Å². The maximum absolute atomic E-state index is 12.7. The highest BCUT2D eigenvalue weighted by atomic mass is 35.5. The van der Waals surface area contributed by atoms with Crippen molar-refractivity contribution in [2.75, 3.05) is 23.9 Å². The van der Waals surface area contributed by atoms with E-state index in [9.17, 15) is 9.59 Å². The summed E-state index contributed by atoms with van der Waals surface area (Å²) in [5, 5.41) is 7.90. The van der Waals surface area contributed by atoms with Gasteiger partial charge in [-0.3, -0.25) is 9.59 Å². The van der Waals surface area contributed by atoms with Crippen LogP contribution in [0.25, 0.3) is 0 Å². The molecule has 0 aliphatic carbocycles. The Balaban J connectivity index is 1.66. The van der Waals surface area contributed by atoms with Crippen LogP contribution in [-0.4, -0.2) is 42.5 Å². The fourth-order valence-corrected chi connectivity index (χ4v) is 3.97. The van der Waals surface area contributed by atoms with E-state index >= 15 is 0 Å². The van der Waals surface area contributed by atoms with Crippen molar-refractivity contribution in [1.82, 2.24) is 0 Å². The minimum Gasteiger partial charge on any atom is -0.378 e. The number of benzene rings is 2. The van der Waals surface area contributed by atoms with Gasteiger partial charge in [0.2, 0.25) is 11.8 Å². The van der Waals surface area contributed by atoms with Gasteiger partial charge in [0.05, 0.1) is 16.9 Å². The Kier molecular flexibility index (Phi) is 7.02. The summed E-state index contributed by atoms with van der Waals surface area (Å²) in [5.74, 6) is -0.797. The molecule has 0 spiro atoms. The average Bonchev–Trinajstić information content (AvgIpc) is 2.97. The lowest BCUT2D eigenvalue weighted by atomic mass is 10.2. The molecular formula is C20H19Cl2N5O2S. The molecule has 2 aromatic carbocycles. The molecule has 3 rings (SSSR count). The van der Waals surface area contributed by atoms with Gasteiger partial charge in [-0.25, -0.2) is 4.90 Å². The van der Waals surface area contributed by atoms with Crippen LogP contribution >= 0.6 is 35.0 Å². The summed E-state index contributed by atoms with van der Waals surface area (Å²) in [6.07, 6.45) is 1.55. The number of thioether (sulfide) groups is 1. The zero-order valence-corrected chi connectivity index (χ0v) is 18.6. The number of hydrogen-bond acceptors (Lipinski definition) is 6. The van der Waals surface area contributed by atoms with E-state index in [0.29, 0.717) is 5.02 Å². The monoisotopic (exact) mass is 463 g/mol. The second-order valence-corrected chi connectivity index (χ2v) is 8.71. The third-order valence-electron chi connectivity index (χ3n) is 4.29. The van der Waals surface area contributed by atoms with E-state index in [-0.39, 0.29) is 28.2 Å². The lowest BCUT2D eigenvalue weighted by molar-refractivity contribution is -0.121. The van der Waals surface area contributed by atoms with Gasteiger partial charge in [0, 0.05) is 31.2 Å². The maximum Gasteiger partial charge on any atom is 0.247 e. The molecule has 2 amide bonds. The van der Waals surface area contributed by atoms with Crippen LogP contribution < -0.4 is 15.5 Å². The second kappa shape index (κ2) is 9.51. The van der Waals surface area contributed by atoms with E-state index < -0.39 is 11.2 Å². The molecular weight excluding hydrogens is 445 g/mol. The van der Waals surface area contributed by atoms with Crippen LogP contribution in [0.2, 0.25) is 10.0 Å². The number of nitrogens with two attached hydrogens (primary N) is 1. The summed E-state index contributed by atoms with van der Waals surface area (Å²) in [6.45, 7) is 0. The highest BCUT2D eigenvalue weighted by molar-refractivity contribution is 8.14. The molecule has 156 valence electrons. The number of imide groups is 1. The Morgan fingerprint density at radius 1 is 1.20 bits per heavy atom. The van der Waals surface area contributed by atoms with Crippen molar-refractivity contribution in [2.24, 2.45) is 15.9 Å². The molecule has 1 unspecified atom stereocenters. The van der Waals surface area contributed by atoms with Crippen LogP contribution in [0, 0.1) is 0 Å². The largest absolute Gasteiger partial charge is 0.378 e. The Hall–Kier alpha value is -2.55. The minimum absolute atomic E-state index is 0.0156. The number of rotatable bonds is 5. The molecule has 0 saturated carbocycles. The number of nitrogens with zero attached hydrogens (tertiary/aromatic N) is 4. The first kappa shape index (κ1) is 22.1. The number of carbonyl (C=O) groups excluding carboxylic acids is 2. The van der Waals surface area contributed by atoms with Gasteiger partial charge in [-0.15, -0.1) is 5.10 Å². The van der Waals surface area contributed by atoms with E-state index in [1.165, 1.54) is 12.1 Å². The van der Waals surface area contributed by atoms with Crippen molar-refractivity contribution < 1.29 is 9.59 Å². The minimum atomic E-state index is -0.703. The fraction of sp³-hybridized carbons (Fsp3) is 0.200. The summed E-state index contributed by atoms with van der Waals surface area (Å²) < 4.78 is 0. The Bertz CT molecular complexity index is 1020. The van der Waals surface area contributed by atoms with Crippen molar-refractivity contribution >= 4 is 69.5 Å². The molecule has 1 aliphatic rings. The molecule has 0 bridgehead atoms. The summed E-state index contributed by atoms with van der Waals surface area (Å²) in [6, 6.07) is 12.3. The average molecular weight is 464 g/mol. The van der Waals surface area contributed by atoms with Crippen LogP contribution in [0.3, 0.4) is 0 Å². The van der Waals surface area contributed by atoms with Crippen molar-refractivity contribution in [1.29, 1.82) is 0 Å². The number of amidine groups is 1. The first-order valence-corrected chi connectivity index (χ1v) is 10.5. The number of hydrogen-bond donors (Lipinski definition) is 1. The zero-order chi connectivity index (χ0) is 21.8. The van der Waals surface area contributed by atoms with E-state index in [1.54, 1.807) is 12.3 Å². The Morgan fingerprint density at radius 3 is 2.57 bits per heavy atom. The lowest BCUT2D eigenvalue weighted by Crippen LogP contribution is -2.32. The number of carbonyl (C=O) groups is 2. The predicted octanol–water partition coefficient (Wildman–Crippen LogP) is 3.77. The topological polar surface area (TPSA) is 91.4 Å². The smallest absolute Gasteiger partial charge is 0.247 e. The summed E-state index contributed by atoms with van der Waals surface area (Å²) in [5.41, 5.74) is 8.08. The Morgan fingerprint density at radius 2 is 1.90 bits per heavy atom. The van der Waals surface area contributed by atoms with Crippen molar-refractivity contribution in [2.45, 2.75) is 11.7 Å². The van der Waals surface area contributed by atoms with Crippen LogP contribution in [0.4, 0.5) is 11.4 Å². The predicted molar refractivity (Wildman–Crippen MR) is 125 cm³/mol. The van der Waals surface area contributed by atoms with E-state index in [1.807, 2.05) is 43.3 Å². The number of amides is 2. The van der Waals surface area contributed by atoms with Gasteiger partial charge < -0.3 is 10.6 Å². The molecule has 10 heteroatoms. The molecule has 2 N–H and O–H groups in total. The third kappa shape index (κ3) is 5.13. The number of anilines is 2. The first-order chi connectivity index (χ1) is 14.3. The quantitative estimate of drug-likeness (QED) is 0.315. The summed E-state index contributed by atoms with van der Waals surface area (Å²) in [7, 11) is 3.92. The molecule has 1 fully saturated rings. The lowest BCUT2D eigenvalue weighted by Gasteiger charge is -2.16. The van der Waals surface area contributed by atoms with Crippen molar-refractivity contribution in [3.63, 3.8) is 0 Å². The van der Waals surface area contributed by atoms with Gasteiger partial charge in [0.25, 0.3) is 0 Å².